The normalized spacial score (nSPS) is 11.5. The topological polar surface area (TPSA) is 44.9 Å². The molecule has 0 N–H and O–H groups in total. The Bertz CT molecular complexity index is 2230. The fourth-order valence-electron chi connectivity index (χ4n) is 7.10. The molecule has 0 radical (unpaired) electrons. The number of fused-ring (bicyclic) bond motifs is 3. The summed E-state index contributed by atoms with van der Waals surface area (Å²) in [4.78, 5) is 5.94. The molecule has 0 atom stereocenters. The van der Waals surface area contributed by atoms with Gasteiger partial charge < -0.3 is 4.74 Å². The Balaban J connectivity index is 1.24. The Hall–Kier alpha value is -4.81. The number of nitrogens with zero attached hydrogens (tertiary/aromatic N) is 4. The number of unbranched alkanes of at least 4 members (excludes halogenated alkanes) is 2. The summed E-state index contributed by atoms with van der Waals surface area (Å²) < 4.78 is 10.8. The average molecular weight is 665 g/mol. The van der Waals surface area contributed by atoms with Crippen molar-refractivity contribution in [2.45, 2.75) is 71.1 Å². The van der Waals surface area contributed by atoms with Crippen LogP contribution >= 0.6 is 11.8 Å². The second-order valence-electron chi connectivity index (χ2n) is 12.9. The highest BCUT2D eigenvalue weighted by Crippen LogP contribution is 2.37. The highest BCUT2D eigenvalue weighted by atomic mass is 32.2. The van der Waals surface area contributed by atoms with E-state index < -0.39 is 0 Å². The van der Waals surface area contributed by atoms with Crippen molar-refractivity contribution < 1.29 is 4.74 Å². The number of pyridine rings is 1. The van der Waals surface area contributed by atoms with Crippen LogP contribution in [0.4, 0.5) is 0 Å². The molecule has 3 heterocycles. The number of aromatic nitrogens is 4. The van der Waals surface area contributed by atoms with E-state index in [1.165, 1.54) is 74.7 Å². The molecule has 49 heavy (non-hydrogen) atoms. The molecule has 7 aromatic rings. The quantitative estimate of drug-likeness (QED) is 0.122. The van der Waals surface area contributed by atoms with Crippen LogP contribution in [0.15, 0.2) is 108 Å². The van der Waals surface area contributed by atoms with E-state index in [9.17, 15) is 0 Å². The van der Waals surface area contributed by atoms with Gasteiger partial charge in [0.25, 0.3) is 0 Å². The SMILES string of the molecule is CCCCc1c(C)cc(C)c(CCCC)c1-c1cnn(-c2cccc(Oc3ccc4c5ccccc5n(-c5cc(SC)ccn5)c4c3)c2)c1. The lowest BCUT2D eigenvalue weighted by Crippen LogP contribution is -2.03. The van der Waals surface area contributed by atoms with Crippen LogP contribution < -0.4 is 4.74 Å². The average Bonchev–Trinajstić information content (AvgIpc) is 3.74. The van der Waals surface area contributed by atoms with E-state index in [0.29, 0.717) is 0 Å². The van der Waals surface area contributed by atoms with Gasteiger partial charge in [-0.3, -0.25) is 4.57 Å². The van der Waals surface area contributed by atoms with Crippen LogP contribution in [0, 0.1) is 13.8 Å². The fraction of sp³-hybridized carbons (Fsp3) is 0.256. The van der Waals surface area contributed by atoms with Gasteiger partial charge in [-0.25, -0.2) is 9.67 Å². The van der Waals surface area contributed by atoms with Gasteiger partial charge in [-0.2, -0.15) is 5.10 Å². The lowest BCUT2D eigenvalue weighted by molar-refractivity contribution is 0.483. The highest BCUT2D eigenvalue weighted by molar-refractivity contribution is 7.98. The Labute approximate surface area is 294 Å². The van der Waals surface area contributed by atoms with Gasteiger partial charge in [-0.05, 0) is 116 Å². The van der Waals surface area contributed by atoms with Crippen molar-refractivity contribution in [3.8, 4) is 34.1 Å². The Morgan fingerprint density at radius 2 is 1.47 bits per heavy atom. The molecule has 0 aliphatic heterocycles. The summed E-state index contributed by atoms with van der Waals surface area (Å²) in [6.07, 6.45) is 15.1. The maximum atomic E-state index is 6.55. The second kappa shape index (κ2) is 14.4. The standard InChI is InChI=1S/C43H44N4OS/c1-6-8-15-36-29(3)23-30(4)37(16-9-7-2)43(36)31-27-45-46(28-31)32-13-12-14-33(24-32)48-34-19-20-39-38-17-10-11-18-40(38)47(41(39)25-34)42-26-35(49-5)21-22-44-42/h10-14,17-28H,6-9,15-16H2,1-5H3. The number of benzene rings is 4. The maximum absolute atomic E-state index is 6.55. The van der Waals surface area contributed by atoms with Gasteiger partial charge >= 0.3 is 0 Å². The molecule has 6 heteroatoms. The van der Waals surface area contributed by atoms with Crippen LogP contribution in [-0.2, 0) is 12.8 Å². The third kappa shape index (κ3) is 6.50. The number of aryl methyl sites for hydroxylation is 2. The van der Waals surface area contributed by atoms with Crippen molar-refractivity contribution in [1.82, 2.24) is 19.3 Å². The van der Waals surface area contributed by atoms with E-state index in [1.54, 1.807) is 11.8 Å². The minimum Gasteiger partial charge on any atom is -0.457 e. The molecule has 0 saturated heterocycles. The monoisotopic (exact) mass is 664 g/mol. The number of rotatable bonds is 12. The lowest BCUT2D eigenvalue weighted by atomic mass is 9.85. The van der Waals surface area contributed by atoms with E-state index in [2.05, 4.69) is 111 Å². The van der Waals surface area contributed by atoms with E-state index in [4.69, 9.17) is 14.8 Å². The van der Waals surface area contributed by atoms with Crippen molar-refractivity contribution in [2.24, 2.45) is 0 Å². The Kier molecular flexibility index (Phi) is 9.58. The molecular formula is C43H44N4OS. The summed E-state index contributed by atoms with van der Waals surface area (Å²) in [6.45, 7) is 9.08. The van der Waals surface area contributed by atoms with Gasteiger partial charge in [0, 0.05) is 45.8 Å². The largest absolute Gasteiger partial charge is 0.457 e. The fourth-order valence-corrected chi connectivity index (χ4v) is 7.52. The molecule has 0 fully saturated rings. The van der Waals surface area contributed by atoms with Gasteiger partial charge in [-0.1, -0.05) is 57.0 Å². The summed E-state index contributed by atoms with van der Waals surface area (Å²) in [6, 6.07) is 29.6. The third-order valence-corrected chi connectivity index (χ3v) is 10.3. The van der Waals surface area contributed by atoms with Gasteiger partial charge in [0.15, 0.2) is 0 Å². The van der Waals surface area contributed by atoms with E-state index in [0.717, 1.165) is 46.9 Å². The summed E-state index contributed by atoms with van der Waals surface area (Å²) in [5.74, 6) is 2.43. The van der Waals surface area contributed by atoms with Gasteiger partial charge in [0.2, 0.25) is 0 Å². The molecule has 7 rings (SSSR count). The second-order valence-corrected chi connectivity index (χ2v) is 13.8. The van der Waals surface area contributed by atoms with Crippen molar-refractivity contribution in [1.29, 1.82) is 0 Å². The third-order valence-electron chi connectivity index (χ3n) is 9.57. The summed E-state index contributed by atoms with van der Waals surface area (Å²) in [5.41, 5.74) is 11.4. The molecule has 0 unspecified atom stereocenters. The molecule has 3 aromatic heterocycles. The number of thioether (sulfide) groups is 1. The number of hydrogen-bond donors (Lipinski definition) is 0. The molecule has 0 aliphatic rings. The van der Waals surface area contributed by atoms with Crippen molar-refractivity contribution in [3.63, 3.8) is 0 Å². The van der Waals surface area contributed by atoms with Gasteiger partial charge in [0.05, 0.1) is 22.9 Å². The van der Waals surface area contributed by atoms with Crippen molar-refractivity contribution in [3.05, 3.63) is 126 Å². The maximum Gasteiger partial charge on any atom is 0.138 e. The van der Waals surface area contributed by atoms with Crippen LogP contribution in [0.25, 0.3) is 44.4 Å². The first-order valence-electron chi connectivity index (χ1n) is 17.5. The van der Waals surface area contributed by atoms with Gasteiger partial charge in [0.1, 0.15) is 17.3 Å². The molecule has 0 amide bonds. The predicted molar refractivity (Wildman–Crippen MR) is 206 cm³/mol. The molecule has 248 valence electrons. The number of ether oxygens (including phenoxy) is 1. The summed E-state index contributed by atoms with van der Waals surface area (Å²) >= 11 is 1.72. The minimum absolute atomic E-state index is 0.762. The van der Waals surface area contributed by atoms with E-state index >= 15 is 0 Å². The lowest BCUT2D eigenvalue weighted by Gasteiger charge is -2.19. The zero-order chi connectivity index (χ0) is 33.9. The van der Waals surface area contributed by atoms with Crippen LogP contribution in [0.2, 0.25) is 0 Å². The first kappa shape index (κ1) is 32.7. The molecule has 0 spiro atoms. The molecule has 0 saturated carbocycles. The Morgan fingerprint density at radius 3 is 2.22 bits per heavy atom. The van der Waals surface area contributed by atoms with E-state index in [1.807, 2.05) is 35.3 Å². The minimum atomic E-state index is 0.762. The smallest absolute Gasteiger partial charge is 0.138 e. The van der Waals surface area contributed by atoms with Crippen molar-refractivity contribution >= 4 is 33.6 Å². The number of hydrogen-bond acceptors (Lipinski definition) is 4. The molecule has 0 aliphatic carbocycles. The summed E-state index contributed by atoms with van der Waals surface area (Å²) in [5, 5.41) is 7.24. The van der Waals surface area contributed by atoms with Gasteiger partial charge in [-0.15, -0.1) is 11.8 Å². The zero-order valence-corrected chi connectivity index (χ0v) is 30.0. The Morgan fingerprint density at radius 1 is 0.735 bits per heavy atom. The molecule has 4 aromatic carbocycles. The number of para-hydroxylation sites is 1. The molecule has 5 nitrogen and oxygen atoms in total. The predicted octanol–water partition coefficient (Wildman–Crippen LogP) is 11.8. The first-order chi connectivity index (χ1) is 24.0. The van der Waals surface area contributed by atoms with E-state index in [-0.39, 0.29) is 0 Å². The van der Waals surface area contributed by atoms with Crippen LogP contribution in [0.3, 0.4) is 0 Å². The van der Waals surface area contributed by atoms with Crippen LogP contribution in [0.5, 0.6) is 11.5 Å². The van der Waals surface area contributed by atoms with Crippen LogP contribution in [-0.4, -0.2) is 25.6 Å². The highest BCUT2D eigenvalue weighted by Gasteiger charge is 2.18. The molecular weight excluding hydrogens is 621 g/mol. The van der Waals surface area contributed by atoms with Crippen LogP contribution in [0.1, 0.15) is 61.8 Å². The molecule has 0 bridgehead atoms. The first-order valence-corrected chi connectivity index (χ1v) is 18.7. The van der Waals surface area contributed by atoms with Crippen molar-refractivity contribution in [2.75, 3.05) is 6.26 Å². The summed E-state index contributed by atoms with van der Waals surface area (Å²) in [7, 11) is 0. The zero-order valence-electron chi connectivity index (χ0n) is 29.2.